The summed E-state index contributed by atoms with van der Waals surface area (Å²) in [6.45, 7) is 6.72. The van der Waals surface area contributed by atoms with Crippen molar-refractivity contribution < 1.29 is 9.53 Å². The lowest BCUT2D eigenvalue weighted by molar-refractivity contribution is -0.119. The molecule has 1 aromatic heterocycles. The molecule has 7 nitrogen and oxygen atoms in total. The molecular weight excluding hydrogens is 246 g/mol. The molecule has 0 unspecified atom stereocenters. The van der Waals surface area contributed by atoms with Gasteiger partial charge in [0.25, 0.3) is 0 Å². The fourth-order valence-electron chi connectivity index (χ4n) is 1.37. The van der Waals surface area contributed by atoms with Gasteiger partial charge in [-0.05, 0) is 12.3 Å². The van der Waals surface area contributed by atoms with Gasteiger partial charge in [0.2, 0.25) is 5.91 Å². The van der Waals surface area contributed by atoms with Crippen molar-refractivity contribution in [1.82, 2.24) is 20.3 Å². The van der Waals surface area contributed by atoms with Gasteiger partial charge in [-0.25, -0.2) is 4.68 Å². The SMILES string of the molecule is CC(C)CCOCCn1cc(CNC(=O)CN)nn1. The molecule has 0 aliphatic heterocycles. The number of hydrogen-bond donors (Lipinski definition) is 2. The minimum absolute atomic E-state index is 0.0160. The zero-order valence-electron chi connectivity index (χ0n) is 11.6. The third-order valence-electron chi connectivity index (χ3n) is 2.54. The van der Waals surface area contributed by atoms with Crippen LogP contribution in [-0.2, 0) is 22.6 Å². The van der Waals surface area contributed by atoms with E-state index in [1.807, 2.05) is 0 Å². The number of ether oxygens (including phenoxy) is 1. The summed E-state index contributed by atoms with van der Waals surface area (Å²) in [6, 6.07) is 0. The highest BCUT2D eigenvalue weighted by Crippen LogP contribution is 1.99. The van der Waals surface area contributed by atoms with Gasteiger partial charge in [-0.1, -0.05) is 19.1 Å². The molecule has 3 N–H and O–H groups in total. The van der Waals surface area contributed by atoms with Gasteiger partial charge in [0.15, 0.2) is 0 Å². The van der Waals surface area contributed by atoms with Crippen LogP contribution in [0.2, 0.25) is 0 Å². The second-order valence-electron chi connectivity index (χ2n) is 4.75. The van der Waals surface area contributed by atoms with Gasteiger partial charge in [-0.2, -0.15) is 0 Å². The predicted molar refractivity (Wildman–Crippen MR) is 71.2 cm³/mol. The van der Waals surface area contributed by atoms with Crippen LogP contribution in [0, 0.1) is 5.92 Å². The van der Waals surface area contributed by atoms with Gasteiger partial charge in [0.1, 0.15) is 5.69 Å². The Kier molecular flexibility index (Phi) is 7.06. The molecule has 0 aliphatic carbocycles. The third-order valence-corrected chi connectivity index (χ3v) is 2.54. The van der Waals surface area contributed by atoms with E-state index in [4.69, 9.17) is 10.5 Å². The zero-order valence-corrected chi connectivity index (χ0v) is 11.6. The fourth-order valence-corrected chi connectivity index (χ4v) is 1.37. The van der Waals surface area contributed by atoms with Crippen molar-refractivity contribution in [3.05, 3.63) is 11.9 Å². The first kappa shape index (κ1) is 15.6. The van der Waals surface area contributed by atoms with E-state index in [1.165, 1.54) is 0 Å². The van der Waals surface area contributed by atoms with Crippen molar-refractivity contribution in [3.8, 4) is 0 Å². The molecule has 0 aromatic carbocycles. The first-order valence-electron chi connectivity index (χ1n) is 6.55. The normalized spacial score (nSPS) is 10.9. The lowest BCUT2D eigenvalue weighted by Gasteiger charge is -2.05. The number of nitrogens with zero attached hydrogens (tertiary/aromatic N) is 3. The average molecular weight is 269 g/mol. The number of nitrogens with one attached hydrogen (secondary N) is 1. The zero-order chi connectivity index (χ0) is 14.1. The minimum Gasteiger partial charge on any atom is -0.380 e. The summed E-state index contributed by atoms with van der Waals surface area (Å²) in [5.74, 6) is 0.454. The van der Waals surface area contributed by atoms with Crippen molar-refractivity contribution in [1.29, 1.82) is 0 Å². The second kappa shape index (κ2) is 8.60. The summed E-state index contributed by atoms with van der Waals surface area (Å²) in [7, 11) is 0. The van der Waals surface area contributed by atoms with E-state index in [1.54, 1.807) is 10.9 Å². The second-order valence-corrected chi connectivity index (χ2v) is 4.75. The van der Waals surface area contributed by atoms with Crippen molar-refractivity contribution >= 4 is 5.91 Å². The first-order chi connectivity index (χ1) is 9.11. The van der Waals surface area contributed by atoms with Gasteiger partial charge in [0, 0.05) is 6.61 Å². The van der Waals surface area contributed by atoms with Gasteiger partial charge < -0.3 is 15.8 Å². The van der Waals surface area contributed by atoms with Gasteiger partial charge in [-0.15, -0.1) is 5.10 Å². The number of carbonyl (C=O) groups is 1. The van der Waals surface area contributed by atoms with E-state index in [9.17, 15) is 4.79 Å². The summed E-state index contributed by atoms with van der Waals surface area (Å²) in [4.78, 5) is 11.0. The number of amides is 1. The van der Waals surface area contributed by atoms with Crippen LogP contribution in [0.1, 0.15) is 26.0 Å². The largest absolute Gasteiger partial charge is 0.380 e. The van der Waals surface area contributed by atoms with Gasteiger partial charge in [-0.3, -0.25) is 4.79 Å². The monoisotopic (exact) mass is 269 g/mol. The molecule has 1 aromatic rings. The number of rotatable bonds is 9. The number of hydrogen-bond acceptors (Lipinski definition) is 5. The van der Waals surface area contributed by atoms with E-state index in [0.29, 0.717) is 31.3 Å². The Balaban J connectivity index is 2.18. The standard InChI is InChI=1S/C12H23N5O2/c1-10(2)3-5-19-6-4-17-9-11(15-16-17)8-14-12(18)7-13/h9-10H,3-8,13H2,1-2H3,(H,14,18). The van der Waals surface area contributed by atoms with E-state index in [2.05, 4.69) is 29.5 Å². The molecular formula is C12H23N5O2. The Morgan fingerprint density at radius 2 is 2.32 bits per heavy atom. The Bertz CT molecular complexity index is 378. The smallest absolute Gasteiger partial charge is 0.234 e. The number of aromatic nitrogens is 3. The van der Waals surface area contributed by atoms with Gasteiger partial charge >= 0.3 is 0 Å². The van der Waals surface area contributed by atoms with Crippen molar-refractivity contribution in [2.24, 2.45) is 11.7 Å². The van der Waals surface area contributed by atoms with Crippen LogP contribution in [0.3, 0.4) is 0 Å². The van der Waals surface area contributed by atoms with E-state index in [-0.39, 0.29) is 12.5 Å². The summed E-state index contributed by atoms with van der Waals surface area (Å²) in [5, 5.41) is 10.5. The minimum atomic E-state index is -0.202. The average Bonchev–Trinajstić information content (AvgIpc) is 2.83. The molecule has 0 radical (unpaired) electrons. The highest BCUT2D eigenvalue weighted by Gasteiger charge is 2.03. The van der Waals surface area contributed by atoms with E-state index >= 15 is 0 Å². The maximum Gasteiger partial charge on any atom is 0.234 e. The molecule has 7 heteroatoms. The van der Waals surface area contributed by atoms with Crippen LogP contribution in [0.25, 0.3) is 0 Å². The lowest BCUT2D eigenvalue weighted by Crippen LogP contribution is -2.29. The topological polar surface area (TPSA) is 95.1 Å². The quantitative estimate of drug-likeness (QED) is 0.611. The predicted octanol–water partition coefficient (Wildman–Crippen LogP) is -0.0843. The number of nitrogens with two attached hydrogens (primary N) is 1. The molecule has 0 fully saturated rings. The molecule has 0 atom stereocenters. The summed E-state index contributed by atoms with van der Waals surface area (Å²) in [5.41, 5.74) is 5.90. The maximum absolute atomic E-state index is 11.0. The summed E-state index contributed by atoms with van der Waals surface area (Å²) < 4.78 is 7.21. The Morgan fingerprint density at radius 3 is 3.00 bits per heavy atom. The third kappa shape index (κ3) is 6.88. The van der Waals surface area contributed by atoms with Crippen molar-refractivity contribution in [2.75, 3.05) is 19.8 Å². The van der Waals surface area contributed by atoms with Crippen LogP contribution in [0.5, 0.6) is 0 Å². The Morgan fingerprint density at radius 1 is 1.53 bits per heavy atom. The molecule has 108 valence electrons. The molecule has 0 bridgehead atoms. The Labute approximate surface area is 113 Å². The summed E-state index contributed by atoms with van der Waals surface area (Å²) >= 11 is 0. The van der Waals surface area contributed by atoms with Crippen molar-refractivity contribution in [3.63, 3.8) is 0 Å². The molecule has 0 spiro atoms. The number of carbonyl (C=O) groups excluding carboxylic acids is 1. The van der Waals surface area contributed by atoms with Crippen LogP contribution < -0.4 is 11.1 Å². The first-order valence-corrected chi connectivity index (χ1v) is 6.55. The van der Waals surface area contributed by atoms with E-state index < -0.39 is 0 Å². The lowest BCUT2D eigenvalue weighted by atomic mass is 10.1. The summed E-state index contributed by atoms with van der Waals surface area (Å²) in [6.07, 6.45) is 2.86. The molecule has 1 heterocycles. The molecule has 1 amide bonds. The van der Waals surface area contributed by atoms with Crippen LogP contribution >= 0.6 is 0 Å². The highest BCUT2D eigenvalue weighted by atomic mass is 16.5. The molecule has 0 saturated heterocycles. The molecule has 1 rings (SSSR count). The molecule has 0 saturated carbocycles. The Hall–Kier alpha value is -1.47. The fraction of sp³-hybridized carbons (Fsp3) is 0.750. The molecule has 19 heavy (non-hydrogen) atoms. The highest BCUT2D eigenvalue weighted by molar-refractivity contribution is 5.77. The van der Waals surface area contributed by atoms with Gasteiger partial charge in [0.05, 0.1) is 32.4 Å². The maximum atomic E-state index is 11.0. The van der Waals surface area contributed by atoms with E-state index in [0.717, 1.165) is 13.0 Å². The van der Waals surface area contributed by atoms with Crippen molar-refractivity contribution in [2.45, 2.75) is 33.4 Å². The van der Waals surface area contributed by atoms with Crippen LogP contribution in [0.15, 0.2) is 6.20 Å². The van der Waals surface area contributed by atoms with Crippen LogP contribution in [0.4, 0.5) is 0 Å². The molecule has 0 aliphatic rings. The van der Waals surface area contributed by atoms with Crippen LogP contribution in [-0.4, -0.2) is 40.7 Å².